The largest absolute Gasteiger partial charge is 0.394 e. The number of nitrogens with zero attached hydrogens (tertiary/aromatic N) is 3. The topological polar surface area (TPSA) is 50.9 Å². The Bertz CT molecular complexity index is 256. The van der Waals surface area contributed by atoms with Crippen molar-refractivity contribution in [3.63, 3.8) is 0 Å². The first-order valence-corrected chi connectivity index (χ1v) is 5.58. The van der Waals surface area contributed by atoms with Crippen molar-refractivity contribution in [2.45, 2.75) is 18.4 Å². The minimum absolute atomic E-state index is 0.164. The maximum Gasteiger partial charge on any atom is 0.0890 e. The van der Waals surface area contributed by atoms with Gasteiger partial charge in [-0.25, -0.2) is 4.68 Å². The van der Waals surface area contributed by atoms with E-state index >= 15 is 0 Å². The molecule has 1 aliphatic rings. The van der Waals surface area contributed by atoms with Crippen LogP contribution >= 0.6 is 11.8 Å². The lowest BCUT2D eigenvalue weighted by atomic mass is 9.94. The fourth-order valence-corrected chi connectivity index (χ4v) is 2.92. The van der Waals surface area contributed by atoms with E-state index in [1.807, 2.05) is 22.6 Å². The SMILES string of the molecule is OCC1(n2ccnn2)CCSCC1. The minimum Gasteiger partial charge on any atom is -0.394 e. The highest BCUT2D eigenvalue weighted by Gasteiger charge is 2.34. The number of aromatic nitrogens is 3. The van der Waals surface area contributed by atoms with Gasteiger partial charge in [-0.05, 0) is 24.3 Å². The van der Waals surface area contributed by atoms with Crippen molar-refractivity contribution in [2.24, 2.45) is 0 Å². The molecule has 1 saturated heterocycles. The quantitative estimate of drug-likeness (QED) is 0.753. The molecule has 72 valence electrons. The number of aliphatic hydroxyl groups is 1. The molecule has 0 radical (unpaired) electrons. The van der Waals surface area contributed by atoms with Crippen molar-refractivity contribution in [3.05, 3.63) is 12.4 Å². The standard InChI is InChI=1S/C8H13N3OS/c12-7-8(1-5-13-6-2-8)11-4-3-9-10-11/h3-4,12H,1-2,5-7H2. The number of thioether (sulfide) groups is 1. The van der Waals surface area contributed by atoms with Crippen LogP contribution in [-0.2, 0) is 5.54 Å². The van der Waals surface area contributed by atoms with Gasteiger partial charge in [0.2, 0.25) is 0 Å². The second-order valence-corrected chi connectivity index (χ2v) is 4.57. The molecule has 2 heterocycles. The summed E-state index contributed by atoms with van der Waals surface area (Å²) in [7, 11) is 0. The third-order valence-corrected chi connectivity index (χ3v) is 3.61. The van der Waals surface area contributed by atoms with Crippen molar-refractivity contribution < 1.29 is 5.11 Å². The molecule has 0 aliphatic carbocycles. The fraction of sp³-hybridized carbons (Fsp3) is 0.750. The van der Waals surface area contributed by atoms with Crippen LogP contribution in [0.2, 0.25) is 0 Å². The van der Waals surface area contributed by atoms with Gasteiger partial charge in [-0.15, -0.1) is 5.10 Å². The minimum atomic E-state index is -0.179. The van der Waals surface area contributed by atoms with Gasteiger partial charge < -0.3 is 5.11 Å². The first-order valence-electron chi connectivity index (χ1n) is 4.43. The van der Waals surface area contributed by atoms with Gasteiger partial charge in [-0.3, -0.25) is 0 Å². The van der Waals surface area contributed by atoms with Gasteiger partial charge in [-0.2, -0.15) is 11.8 Å². The number of rotatable bonds is 2. The molecule has 1 aliphatic heterocycles. The molecule has 0 unspecified atom stereocenters. The van der Waals surface area contributed by atoms with E-state index in [4.69, 9.17) is 0 Å². The van der Waals surface area contributed by atoms with E-state index in [0.29, 0.717) is 0 Å². The molecule has 1 fully saturated rings. The molecule has 1 N–H and O–H groups in total. The molecule has 0 atom stereocenters. The average molecular weight is 199 g/mol. The molecule has 1 aromatic rings. The predicted octanol–water partition coefficient (Wildman–Crippen LogP) is 0.493. The third-order valence-electron chi connectivity index (χ3n) is 2.63. The molecule has 4 nitrogen and oxygen atoms in total. The van der Waals surface area contributed by atoms with Crippen molar-refractivity contribution in [1.82, 2.24) is 15.0 Å². The normalized spacial score (nSPS) is 21.6. The van der Waals surface area contributed by atoms with Crippen LogP contribution in [0.4, 0.5) is 0 Å². The Morgan fingerprint density at radius 1 is 1.46 bits per heavy atom. The molecular formula is C8H13N3OS. The Hall–Kier alpha value is -0.550. The van der Waals surface area contributed by atoms with Crippen LogP contribution in [0.25, 0.3) is 0 Å². The average Bonchev–Trinajstić information content (AvgIpc) is 2.72. The summed E-state index contributed by atoms with van der Waals surface area (Å²) in [6.07, 6.45) is 5.47. The van der Waals surface area contributed by atoms with Gasteiger partial charge in [-0.1, -0.05) is 5.21 Å². The van der Waals surface area contributed by atoms with Gasteiger partial charge in [0.25, 0.3) is 0 Å². The van der Waals surface area contributed by atoms with Gasteiger partial charge in [0.05, 0.1) is 18.3 Å². The zero-order valence-electron chi connectivity index (χ0n) is 7.39. The van der Waals surface area contributed by atoms with Crippen molar-refractivity contribution in [2.75, 3.05) is 18.1 Å². The Labute approximate surface area is 81.3 Å². The van der Waals surface area contributed by atoms with Gasteiger partial charge >= 0.3 is 0 Å². The number of aliphatic hydroxyl groups excluding tert-OH is 1. The molecule has 2 rings (SSSR count). The molecule has 0 aromatic carbocycles. The summed E-state index contributed by atoms with van der Waals surface area (Å²) >= 11 is 1.94. The van der Waals surface area contributed by atoms with Gasteiger partial charge in [0.1, 0.15) is 0 Å². The van der Waals surface area contributed by atoms with Crippen molar-refractivity contribution >= 4 is 11.8 Å². The maximum atomic E-state index is 9.42. The van der Waals surface area contributed by atoms with E-state index in [0.717, 1.165) is 24.3 Å². The summed E-state index contributed by atoms with van der Waals surface area (Å²) < 4.78 is 1.81. The summed E-state index contributed by atoms with van der Waals surface area (Å²) in [5.74, 6) is 2.20. The van der Waals surface area contributed by atoms with E-state index in [2.05, 4.69) is 10.3 Å². The predicted molar refractivity (Wildman–Crippen MR) is 51.6 cm³/mol. The van der Waals surface area contributed by atoms with Crippen LogP contribution in [0.5, 0.6) is 0 Å². The first-order chi connectivity index (χ1) is 6.37. The highest BCUT2D eigenvalue weighted by atomic mass is 32.2. The second kappa shape index (κ2) is 3.67. The van der Waals surface area contributed by atoms with E-state index in [1.165, 1.54) is 0 Å². The zero-order chi connectivity index (χ0) is 9.15. The van der Waals surface area contributed by atoms with Crippen molar-refractivity contribution in [3.8, 4) is 0 Å². The zero-order valence-corrected chi connectivity index (χ0v) is 8.20. The fourth-order valence-electron chi connectivity index (χ4n) is 1.67. The highest BCUT2D eigenvalue weighted by Crippen LogP contribution is 2.32. The van der Waals surface area contributed by atoms with Crippen molar-refractivity contribution in [1.29, 1.82) is 0 Å². The van der Waals surface area contributed by atoms with E-state index in [-0.39, 0.29) is 12.1 Å². The van der Waals surface area contributed by atoms with Crippen LogP contribution in [0.1, 0.15) is 12.8 Å². The molecule has 1 aromatic heterocycles. The number of hydrogen-bond donors (Lipinski definition) is 1. The molecular weight excluding hydrogens is 186 g/mol. The summed E-state index contributed by atoms with van der Waals surface area (Å²) in [6, 6.07) is 0. The number of hydrogen-bond acceptors (Lipinski definition) is 4. The summed E-state index contributed by atoms with van der Waals surface area (Å²) in [4.78, 5) is 0. The Morgan fingerprint density at radius 3 is 2.77 bits per heavy atom. The van der Waals surface area contributed by atoms with E-state index < -0.39 is 0 Å². The Balaban J connectivity index is 2.23. The first kappa shape index (κ1) is 9.02. The summed E-state index contributed by atoms with van der Waals surface area (Å²) in [6.45, 7) is 0.164. The van der Waals surface area contributed by atoms with Crippen LogP contribution < -0.4 is 0 Å². The lowest BCUT2D eigenvalue weighted by molar-refractivity contribution is 0.107. The summed E-state index contributed by atoms with van der Waals surface area (Å²) in [5, 5.41) is 17.2. The summed E-state index contributed by atoms with van der Waals surface area (Å²) in [5.41, 5.74) is -0.179. The molecule has 5 heteroatoms. The van der Waals surface area contributed by atoms with Crippen LogP contribution in [-0.4, -0.2) is 38.2 Å². The third kappa shape index (κ3) is 1.58. The van der Waals surface area contributed by atoms with E-state index in [1.54, 1.807) is 6.20 Å². The molecule has 0 bridgehead atoms. The van der Waals surface area contributed by atoms with Crippen LogP contribution in [0, 0.1) is 0 Å². The smallest absolute Gasteiger partial charge is 0.0890 e. The lowest BCUT2D eigenvalue weighted by Gasteiger charge is -2.34. The molecule has 0 saturated carbocycles. The molecule has 0 spiro atoms. The van der Waals surface area contributed by atoms with Gasteiger partial charge in [0.15, 0.2) is 0 Å². The molecule has 13 heavy (non-hydrogen) atoms. The lowest BCUT2D eigenvalue weighted by Crippen LogP contribution is -2.41. The van der Waals surface area contributed by atoms with Gasteiger partial charge in [0, 0.05) is 6.20 Å². The monoisotopic (exact) mass is 199 g/mol. The molecule has 0 amide bonds. The maximum absolute atomic E-state index is 9.42. The Kier molecular flexibility index (Phi) is 2.55. The highest BCUT2D eigenvalue weighted by molar-refractivity contribution is 7.99. The Morgan fingerprint density at radius 2 is 2.23 bits per heavy atom. The van der Waals surface area contributed by atoms with Crippen LogP contribution in [0.15, 0.2) is 12.4 Å². The van der Waals surface area contributed by atoms with Crippen LogP contribution in [0.3, 0.4) is 0 Å². The van der Waals surface area contributed by atoms with E-state index in [9.17, 15) is 5.11 Å². The second-order valence-electron chi connectivity index (χ2n) is 3.34.